The molecule has 3 aromatic rings. The first-order valence-electron chi connectivity index (χ1n) is 9.44. The standard InChI is InChI=1S/C21H14ClF6N5/c22-17-10-32(9-13-4-2-1-3-5-13)11-18(30-17)33-12-29-19(31-33)14-6-15(20(23,24)25)8-16(7-14)21(26,27)28/h1-8,10,12H,9,11H2. The summed E-state index contributed by atoms with van der Waals surface area (Å²) in [4.78, 5) is 9.90. The molecule has 172 valence electrons. The van der Waals surface area contributed by atoms with E-state index in [0.29, 0.717) is 24.5 Å². The second kappa shape index (κ2) is 8.54. The number of aromatic nitrogens is 3. The predicted octanol–water partition coefficient (Wildman–Crippen LogP) is 5.78. The molecule has 0 radical (unpaired) electrons. The Morgan fingerprint density at radius 3 is 2.15 bits per heavy atom. The highest BCUT2D eigenvalue weighted by molar-refractivity contribution is 6.30. The fourth-order valence-corrected chi connectivity index (χ4v) is 3.45. The molecule has 4 rings (SSSR count). The maximum absolute atomic E-state index is 13.2. The molecular weight excluding hydrogens is 472 g/mol. The number of rotatable bonds is 3. The van der Waals surface area contributed by atoms with Crippen molar-refractivity contribution in [3.05, 3.63) is 82.9 Å². The number of benzene rings is 2. The molecule has 0 bridgehead atoms. The molecule has 0 unspecified atom stereocenters. The van der Waals surface area contributed by atoms with E-state index in [1.165, 1.54) is 4.68 Å². The molecule has 33 heavy (non-hydrogen) atoms. The molecule has 0 saturated heterocycles. The van der Waals surface area contributed by atoms with Gasteiger partial charge >= 0.3 is 12.4 Å². The second-order valence-electron chi connectivity index (χ2n) is 7.18. The summed E-state index contributed by atoms with van der Waals surface area (Å²) in [6, 6.07) is 10.7. The van der Waals surface area contributed by atoms with E-state index < -0.39 is 29.0 Å². The molecule has 12 heteroatoms. The number of alkyl halides is 6. The van der Waals surface area contributed by atoms with E-state index in [9.17, 15) is 26.3 Å². The van der Waals surface area contributed by atoms with E-state index in [1.54, 1.807) is 6.20 Å². The third kappa shape index (κ3) is 5.36. The molecule has 0 atom stereocenters. The summed E-state index contributed by atoms with van der Waals surface area (Å²) in [5.41, 5.74) is -2.31. The van der Waals surface area contributed by atoms with Crippen LogP contribution in [-0.2, 0) is 18.9 Å². The zero-order chi connectivity index (χ0) is 23.8. The summed E-state index contributed by atoms with van der Waals surface area (Å²) in [6.07, 6.45) is -7.15. The Kier molecular flexibility index (Phi) is 5.91. The van der Waals surface area contributed by atoms with Crippen LogP contribution in [0.25, 0.3) is 11.4 Å². The van der Waals surface area contributed by atoms with Gasteiger partial charge < -0.3 is 4.90 Å². The molecule has 0 aliphatic carbocycles. The van der Waals surface area contributed by atoms with Gasteiger partial charge in [-0.15, -0.1) is 5.10 Å². The van der Waals surface area contributed by atoms with Crippen molar-refractivity contribution >= 4 is 17.4 Å². The first kappa shape index (κ1) is 22.8. The summed E-state index contributed by atoms with van der Waals surface area (Å²) in [7, 11) is 0. The minimum atomic E-state index is -4.97. The molecule has 0 spiro atoms. The molecule has 0 amide bonds. The summed E-state index contributed by atoms with van der Waals surface area (Å²) in [5.74, 6) is -0.00483. The van der Waals surface area contributed by atoms with Gasteiger partial charge in [0.15, 0.2) is 11.7 Å². The Bertz CT molecular complexity index is 1180. The van der Waals surface area contributed by atoms with Crippen molar-refractivity contribution in [3.63, 3.8) is 0 Å². The highest BCUT2D eigenvalue weighted by Crippen LogP contribution is 2.38. The van der Waals surface area contributed by atoms with Gasteiger partial charge in [-0.3, -0.25) is 0 Å². The smallest absolute Gasteiger partial charge is 0.363 e. The topological polar surface area (TPSA) is 46.3 Å². The van der Waals surface area contributed by atoms with Crippen LogP contribution in [-0.4, -0.2) is 32.0 Å². The number of aliphatic imine (C=N–C) groups is 1. The van der Waals surface area contributed by atoms with Crippen LogP contribution in [0.3, 0.4) is 0 Å². The summed E-state index contributed by atoms with van der Waals surface area (Å²) in [6.45, 7) is 0.741. The maximum Gasteiger partial charge on any atom is 0.416 e. The van der Waals surface area contributed by atoms with Gasteiger partial charge in [-0.05, 0) is 23.8 Å². The molecule has 5 nitrogen and oxygen atoms in total. The fraction of sp³-hybridized carbons (Fsp3) is 0.190. The zero-order valence-corrected chi connectivity index (χ0v) is 17.3. The Labute approximate surface area is 188 Å². The Morgan fingerprint density at radius 2 is 1.55 bits per heavy atom. The van der Waals surface area contributed by atoms with Crippen molar-refractivity contribution < 1.29 is 26.3 Å². The van der Waals surface area contributed by atoms with Crippen LogP contribution in [0.1, 0.15) is 16.7 Å². The van der Waals surface area contributed by atoms with Crippen molar-refractivity contribution in [3.8, 4) is 11.4 Å². The average molecular weight is 486 g/mol. The van der Waals surface area contributed by atoms with E-state index in [1.807, 2.05) is 35.2 Å². The highest BCUT2D eigenvalue weighted by Gasteiger charge is 2.37. The lowest BCUT2D eigenvalue weighted by atomic mass is 10.0. The van der Waals surface area contributed by atoms with Crippen LogP contribution in [0.5, 0.6) is 0 Å². The molecule has 1 aliphatic heterocycles. The monoisotopic (exact) mass is 485 g/mol. The van der Waals surface area contributed by atoms with Crippen molar-refractivity contribution in [1.29, 1.82) is 0 Å². The van der Waals surface area contributed by atoms with Gasteiger partial charge in [0.2, 0.25) is 0 Å². The maximum atomic E-state index is 13.2. The van der Waals surface area contributed by atoms with Crippen LogP contribution in [0.2, 0.25) is 0 Å². The van der Waals surface area contributed by atoms with E-state index >= 15 is 0 Å². The molecule has 0 fully saturated rings. The van der Waals surface area contributed by atoms with Crippen LogP contribution in [0.15, 0.2) is 71.2 Å². The lowest BCUT2D eigenvalue weighted by Gasteiger charge is -2.24. The normalized spacial score (nSPS) is 14.8. The average Bonchev–Trinajstić information content (AvgIpc) is 3.23. The highest BCUT2D eigenvalue weighted by atomic mass is 35.5. The number of nitrogens with zero attached hydrogens (tertiary/aromatic N) is 5. The van der Waals surface area contributed by atoms with Gasteiger partial charge in [-0.25, -0.2) is 14.7 Å². The van der Waals surface area contributed by atoms with Crippen molar-refractivity contribution in [2.75, 3.05) is 6.54 Å². The number of hydrogen-bond acceptors (Lipinski definition) is 4. The van der Waals surface area contributed by atoms with Crippen LogP contribution in [0.4, 0.5) is 26.3 Å². The number of hydrogen-bond donors (Lipinski definition) is 0. The van der Waals surface area contributed by atoms with Crippen molar-refractivity contribution in [2.45, 2.75) is 18.9 Å². The third-order valence-corrected chi connectivity index (χ3v) is 4.88. The lowest BCUT2D eigenvalue weighted by molar-refractivity contribution is -0.143. The largest absolute Gasteiger partial charge is 0.416 e. The van der Waals surface area contributed by atoms with Crippen LogP contribution < -0.4 is 0 Å². The minimum Gasteiger partial charge on any atom is -0.363 e. The lowest BCUT2D eigenvalue weighted by Crippen LogP contribution is -2.32. The molecule has 2 aromatic carbocycles. The minimum absolute atomic E-state index is 0.0533. The Balaban J connectivity index is 1.63. The van der Waals surface area contributed by atoms with Gasteiger partial charge in [0.05, 0.1) is 17.7 Å². The van der Waals surface area contributed by atoms with E-state index in [2.05, 4.69) is 15.1 Å². The number of halogens is 7. The van der Waals surface area contributed by atoms with Gasteiger partial charge in [0, 0.05) is 18.3 Å². The second-order valence-corrected chi connectivity index (χ2v) is 7.56. The molecular formula is C21H14ClF6N5. The van der Waals surface area contributed by atoms with E-state index in [0.717, 1.165) is 11.9 Å². The van der Waals surface area contributed by atoms with E-state index in [-0.39, 0.29) is 23.6 Å². The molecule has 0 saturated carbocycles. The molecule has 0 N–H and O–H groups in total. The first-order valence-corrected chi connectivity index (χ1v) is 9.81. The summed E-state index contributed by atoms with van der Waals surface area (Å²) >= 11 is 6.11. The fourth-order valence-electron chi connectivity index (χ4n) is 3.21. The van der Waals surface area contributed by atoms with Gasteiger partial charge in [-0.1, -0.05) is 41.9 Å². The third-order valence-electron chi connectivity index (χ3n) is 4.70. The van der Waals surface area contributed by atoms with Crippen LogP contribution >= 0.6 is 11.6 Å². The van der Waals surface area contributed by atoms with E-state index in [4.69, 9.17) is 11.6 Å². The summed E-state index contributed by atoms with van der Waals surface area (Å²) < 4.78 is 80.1. The summed E-state index contributed by atoms with van der Waals surface area (Å²) in [5, 5.41) is 4.20. The van der Waals surface area contributed by atoms with Gasteiger partial charge in [0.25, 0.3) is 0 Å². The molecule has 2 heterocycles. The first-order chi connectivity index (χ1) is 15.5. The molecule has 1 aliphatic rings. The van der Waals surface area contributed by atoms with Crippen molar-refractivity contribution in [2.24, 2.45) is 4.99 Å². The zero-order valence-electron chi connectivity index (χ0n) is 16.6. The van der Waals surface area contributed by atoms with Crippen LogP contribution in [0, 0.1) is 0 Å². The SMILES string of the molecule is FC(F)(F)c1cc(-c2ncn(C3=NC(Cl)=CN(Cc4ccccc4)C3)n2)cc(C(F)(F)F)c1. The Hall–Kier alpha value is -3.34. The van der Waals surface area contributed by atoms with Gasteiger partial charge in [-0.2, -0.15) is 26.3 Å². The Morgan fingerprint density at radius 1 is 0.909 bits per heavy atom. The van der Waals surface area contributed by atoms with Crippen molar-refractivity contribution in [1.82, 2.24) is 19.7 Å². The quantitative estimate of drug-likeness (QED) is 0.349. The van der Waals surface area contributed by atoms with Gasteiger partial charge in [0.1, 0.15) is 11.5 Å². The molecule has 1 aromatic heterocycles. The predicted molar refractivity (Wildman–Crippen MR) is 109 cm³/mol.